The number of para-hydroxylation sites is 1. The Kier molecular flexibility index (Phi) is 5.95. The van der Waals surface area contributed by atoms with Gasteiger partial charge in [-0.05, 0) is 55.3 Å². The number of benzene rings is 2. The molecule has 2 fully saturated rings. The quantitative estimate of drug-likeness (QED) is 0.497. The molecule has 166 valence electrons. The molecule has 0 bridgehead atoms. The molecule has 0 aromatic heterocycles. The van der Waals surface area contributed by atoms with E-state index >= 15 is 0 Å². The summed E-state index contributed by atoms with van der Waals surface area (Å²) in [6.45, 7) is 2.07. The van der Waals surface area contributed by atoms with Gasteiger partial charge in [0.1, 0.15) is 10.7 Å². The maximum atomic E-state index is 13.8. The van der Waals surface area contributed by atoms with E-state index in [2.05, 4.69) is 24.0 Å². The molecule has 0 N–H and O–H groups in total. The van der Waals surface area contributed by atoms with Crippen LogP contribution in [0.2, 0.25) is 0 Å². The van der Waals surface area contributed by atoms with E-state index in [0.29, 0.717) is 0 Å². The molecule has 2 aliphatic heterocycles. The summed E-state index contributed by atoms with van der Waals surface area (Å²) in [6, 6.07) is 14.4. The average Bonchev–Trinajstić information content (AvgIpc) is 3.31. The van der Waals surface area contributed by atoms with Crippen molar-refractivity contribution in [1.82, 2.24) is 4.90 Å². The van der Waals surface area contributed by atoms with Crippen LogP contribution in [-0.2, 0) is 4.79 Å². The van der Waals surface area contributed by atoms with E-state index in [1.165, 1.54) is 31.0 Å². The maximum absolute atomic E-state index is 13.8. The number of amidine groups is 1. The number of amides is 1. The van der Waals surface area contributed by atoms with Gasteiger partial charge >= 0.3 is 0 Å². The van der Waals surface area contributed by atoms with Crippen LogP contribution < -0.4 is 9.64 Å². The third-order valence-corrected chi connectivity index (χ3v) is 8.73. The number of rotatable bonds is 3. The van der Waals surface area contributed by atoms with Gasteiger partial charge in [0.25, 0.3) is 5.91 Å². The van der Waals surface area contributed by atoms with Crippen molar-refractivity contribution in [2.24, 2.45) is 4.99 Å². The molecule has 1 amide bonds. The Morgan fingerprint density at radius 2 is 1.84 bits per heavy atom. The summed E-state index contributed by atoms with van der Waals surface area (Å²) in [5.41, 5.74) is 3.11. The minimum absolute atomic E-state index is 0.0864. The second-order valence-corrected chi connectivity index (χ2v) is 10.4. The minimum atomic E-state index is 0.0864. The average molecular weight is 466 g/mol. The van der Waals surface area contributed by atoms with Gasteiger partial charge in [-0.1, -0.05) is 49.2 Å². The second-order valence-electron chi connectivity index (χ2n) is 8.38. The number of carbonyl (C=O) groups excluding carboxylic acids is 1. The van der Waals surface area contributed by atoms with Gasteiger partial charge in [0, 0.05) is 24.1 Å². The zero-order chi connectivity index (χ0) is 22.2. The first-order valence-electron chi connectivity index (χ1n) is 11.1. The number of thioether (sulfide) groups is 2. The summed E-state index contributed by atoms with van der Waals surface area (Å²) in [7, 11) is 3.70. The van der Waals surface area contributed by atoms with Crippen LogP contribution in [-0.4, -0.2) is 36.2 Å². The van der Waals surface area contributed by atoms with Crippen LogP contribution >= 0.6 is 23.5 Å². The van der Waals surface area contributed by atoms with Crippen molar-refractivity contribution in [3.8, 4) is 5.75 Å². The molecule has 0 spiro atoms. The lowest BCUT2D eigenvalue weighted by Crippen LogP contribution is -2.40. The molecule has 2 aromatic rings. The van der Waals surface area contributed by atoms with Crippen LogP contribution in [0.3, 0.4) is 0 Å². The SMILES string of the molecule is COc1ccc2c(c1)N(C)/C(=C1/SC(=Nc3ccccc3C)N(C3CCCCC3)C1=O)S2. The summed E-state index contributed by atoms with van der Waals surface area (Å²) in [4.78, 5) is 24.8. The lowest BCUT2D eigenvalue weighted by molar-refractivity contribution is -0.124. The van der Waals surface area contributed by atoms with Gasteiger partial charge in [-0.15, -0.1) is 0 Å². The number of aryl methyl sites for hydroxylation is 1. The van der Waals surface area contributed by atoms with Crippen molar-refractivity contribution in [3.63, 3.8) is 0 Å². The van der Waals surface area contributed by atoms with Crippen LogP contribution in [0, 0.1) is 6.92 Å². The zero-order valence-corrected chi connectivity index (χ0v) is 20.3. The first-order valence-corrected chi connectivity index (χ1v) is 12.7. The van der Waals surface area contributed by atoms with Gasteiger partial charge in [-0.25, -0.2) is 4.99 Å². The lowest BCUT2D eigenvalue weighted by Gasteiger charge is -2.30. The van der Waals surface area contributed by atoms with E-state index in [9.17, 15) is 4.79 Å². The molecule has 2 aromatic carbocycles. The third-order valence-electron chi connectivity index (χ3n) is 6.32. The van der Waals surface area contributed by atoms with Crippen molar-refractivity contribution in [3.05, 3.63) is 58.0 Å². The molecular weight excluding hydrogens is 438 g/mol. The summed E-state index contributed by atoms with van der Waals surface area (Å²) in [6.07, 6.45) is 5.68. The van der Waals surface area contributed by atoms with E-state index in [-0.39, 0.29) is 11.9 Å². The first kappa shape index (κ1) is 21.5. The number of nitrogens with zero attached hydrogens (tertiary/aromatic N) is 3. The van der Waals surface area contributed by atoms with Crippen molar-refractivity contribution in [2.45, 2.75) is 50.0 Å². The number of methoxy groups -OCH3 is 1. The summed E-state index contributed by atoms with van der Waals surface area (Å²) >= 11 is 3.17. The van der Waals surface area contributed by atoms with E-state index in [1.807, 2.05) is 42.3 Å². The fraction of sp³-hybridized carbons (Fsp3) is 0.360. The molecule has 0 radical (unpaired) electrons. The van der Waals surface area contributed by atoms with Crippen molar-refractivity contribution < 1.29 is 9.53 Å². The Hall–Kier alpha value is -2.38. The normalized spacial score (nSPS) is 22.7. The smallest absolute Gasteiger partial charge is 0.269 e. The van der Waals surface area contributed by atoms with Gasteiger partial charge in [-0.2, -0.15) is 0 Å². The molecule has 2 heterocycles. The molecule has 1 saturated carbocycles. The number of fused-ring (bicyclic) bond motifs is 1. The molecule has 1 saturated heterocycles. The topological polar surface area (TPSA) is 45.1 Å². The maximum Gasteiger partial charge on any atom is 0.269 e. The molecule has 0 unspecified atom stereocenters. The van der Waals surface area contributed by atoms with Crippen LogP contribution in [0.5, 0.6) is 5.75 Å². The lowest BCUT2D eigenvalue weighted by atomic mass is 9.94. The van der Waals surface area contributed by atoms with Gasteiger partial charge in [0.2, 0.25) is 0 Å². The van der Waals surface area contributed by atoms with Gasteiger partial charge in [0.05, 0.1) is 23.5 Å². The molecule has 32 heavy (non-hydrogen) atoms. The van der Waals surface area contributed by atoms with Gasteiger partial charge in [0.15, 0.2) is 5.17 Å². The highest BCUT2D eigenvalue weighted by Gasteiger charge is 2.42. The fourth-order valence-corrected chi connectivity index (χ4v) is 6.88. The summed E-state index contributed by atoms with van der Waals surface area (Å²) < 4.78 is 5.41. The minimum Gasteiger partial charge on any atom is -0.497 e. The molecule has 5 nitrogen and oxygen atoms in total. The Morgan fingerprint density at radius 3 is 2.59 bits per heavy atom. The Balaban J connectivity index is 1.56. The molecule has 1 aliphatic carbocycles. The number of ether oxygens (including phenoxy) is 1. The largest absolute Gasteiger partial charge is 0.497 e. The van der Waals surface area contributed by atoms with E-state index in [1.54, 1.807) is 18.9 Å². The molecule has 5 rings (SSSR count). The van der Waals surface area contributed by atoms with Gasteiger partial charge < -0.3 is 9.64 Å². The van der Waals surface area contributed by atoms with E-state index in [4.69, 9.17) is 9.73 Å². The van der Waals surface area contributed by atoms with E-state index in [0.717, 1.165) is 55.5 Å². The standard InChI is InChI=1S/C25H27N3O2S2/c1-16-9-7-8-12-19(16)26-25-28(17-10-5-4-6-11-17)23(29)22(32-25)24-27(2)20-15-18(30-3)13-14-21(20)31-24/h7-9,12-15,17H,4-6,10-11H2,1-3H3/b24-22-,26-25?. The Morgan fingerprint density at radius 1 is 1.06 bits per heavy atom. The predicted octanol–water partition coefficient (Wildman–Crippen LogP) is 6.31. The number of carbonyl (C=O) groups is 1. The predicted molar refractivity (Wildman–Crippen MR) is 134 cm³/mol. The van der Waals surface area contributed by atoms with E-state index < -0.39 is 0 Å². The van der Waals surface area contributed by atoms with Crippen molar-refractivity contribution in [1.29, 1.82) is 0 Å². The van der Waals surface area contributed by atoms with Crippen LogP contribution in [0.4, 0.5) is 11.4 Å². The number of hydrogen-bond acceptors (Lipinski definition) is 6. The first-order chi connectivity index (χ1) is 15.6. The third kappa shape index (κ3) is 3.82. The highest BCUT2D eigenvalue weighted by Crippen LogP contribution is 2.51. The summed E-state index contributed by atoms with van der Waals surface area (Å²) in [5, 5.41) is 1.78. The van der Waals surface area contributed by atoms with Gasteiger partial charge in [-0.3, -0.25) is 9.69 Å². The van der Waals surface area contributed by atoms with Crippen LogP contribution in [0.25, 0.3) is 0 Å². The second kappa shape index (κ2) is 8.87. The fourth-order valence-electron chi connectivity index (χ4n) is 4.50. The monoisotopic (exact) mass is 465 g/mol. The van der Waals surface area contributed by atoms with Crippen molar-refractivity contribution >= 4 is 46.0 Å². The highest BCUT2D eigenvalue weighted by atomic mass is 32.2. The Bertz CT molecular complexity index is 1120. The number of anilines is 1. The molecule has 3 aliphatic rings. The molecule has 7 heteroatoms. The molecular formula is C25H27N3O2S2. The van der Waals surface area contributed by atoms with Crippen molar-refractivity contribution in [2.75, 3.05) is 19.1 Å². The molecule has 0 atom stereocenters. The number of hydrogen-bond donors (Lipinski definition) is 0. The van der Waals surface area contributed by atoms with Crippen LogP contribution in [0.1, 0.15) is 37.7 Å². The number of aliphatic imine (C=N–C) groups is 1. The summed E-state index contributed by atoms with van der Waals surface area (Å²) in [5.74, 6) is 0.904. The zero-order valence-electron chi connectivity index (χ0n) is 18.6. The highest BCUT2D eigenvalue weighted by molar-refractivity contribution is 8.19. The van der Waals surface area contributed by atoms with Crippen LogP contribution in [0.15, 0.2) is 62.3 Å². The Labute approximate surface area is 197 Å².